The van der Waals surface area contributed by atoms with Crippen molar-refractivity contribution < 1.29 is 17.5 Å². The molecule has 8 nitrogen and oxygen atoms in total. The highest BCUT2D eigenvalue weighted by Gasteiger charge is 2.25. The average Bonchev–Trinajstić information content (AvgIpc) is 3.19. The molecule has 33 heavy (non-hydrogen) atoms. The van der Waals surface area contributed by atoms with Crippen LogP contribution in [0.3, 0.4) is 0 Å². The number of nitrogens with zero attached hydrogens (tertiary/aromatic N) is 3. The number of benzene rings is 3. The quantitative estimate of drug-likeness (QED) is 0.204. The molecule has 168 valence electrons. The smallest absolute Gasteiger partial charge is 0.340 e. The van der Waals surface area contributed by atoms with Crippen molar-refractivity contribution in [3.63, 3.8) is 0 Å². The third-order valence-electron chi connectivity index (χ3n) is 5.15. The van der Waals surface area contributed by atoms with Crippen LogP contribution in [0.5, 0.6) is 5.88 Å². The molecule has 0 radical (unpaired) electrons. The Hall–Kier alpha value is -3.69. The average molecular weight is 484 g/mol. The lowest BCUT2D eigenvalue weighted by Gasteiger charge is -2.12. The molecule has 0 unspecified atom stereocenters. The largest absolute Gasteiger partial charge is 0.358 e. The molecule has 0 amide bonds. The van der Waals surface area contributed by atoms with Gasteiger partial charge >= 0.3 is 10.1 Å². The van der Waals surface area contributed by atoms with Gasteiger partial charge in [-0.05, 0) is 43.2 Å². The maximum atomic E-state index is 13.0. The zero-order valence-corrected chi connectivity index (χ0v) is 19.2. The maximum absolute atomic E-state index is 13.0. The van der Waals surface area contributed by atoms with Crippen molar-refractivity contribution in [2.75, 3.05) is 0 Å². The summed E-state index contributed by atoms with van der Waals surface area (Å²) >= 11 is 5.82. The predicted octanol–water partition coefficient (Wildman–Crippen LogP) is 5.49. The van der Waals surface area contributed by atoms with Gasteiger partial charge in [-0.3, -0.25) is 10.1 Å². The Labute approximate surface area is 195 Å². The summed E-state index contributed by atoms with van der Waals surface area (Å²) in [4.78, 5) is 10.0. The molecule has 0 aliphatic rings. The lowest BCUT2D eigenvalue weighted by Crippen LogP contribution is -2.13. The van der Waals surface area contributed by atoms with E-state index in [0.29, 0.717) is 11.4 Å². The first-order valence-electron chi connectivity index (χ1n) is 9.78. The summed E-state index contributed by atoms with van der Waals surface area (Å²) in [5.74, 6) is -0.0554. The molecule has 0 fully saturated rings. The molecule has 4 rings (SSSR count). The van der Waals surface area contributed by atoms with Crippen molar-refractivity contribution in [1.82, 2.24) is 9.78 Å². The summed E-state index contributed by atoms with van der Waals surface area (Å²) in [6.45, 7) is 3.83. The first-order valence-corrected chi connectivity index (χ1v) is 11.6. The lowest BCUT2D eigenvalue weighted by atomic mass is 10.1. The van der Waals surface area contributed by atoms with E-state index in [1.807, 2.05) is 56.3 Å². The molecule has 0 aliphatic carbocycles. The number of aryl methyl sites for hydroxylation is 1. The van der Waals surface area contributed by atoms with E-state index in [-0.39, 0.29) is 10.9 Å². The molecule has 0 spiro atoms. The predicted molar refractivity (Wildman–Crippen MR) is 124 cm³/mol. The van der Waals surface area contributed by atoms with Crippen molar-refractivity contribution >= 4 is 27.4 Å². The second-order valence-electron chi connectivity index (χ2n) is 7.27. The highest BCUT2D eigenvalue weighted by Crippen LogP contribution is 2.32. The third kappa shape index (κ3) is 4.46. The van der Waals surface area contributed by atoms with E-state index < -0.39 is 25.6 Å². The van der Waals surface area contributed by atoms with Gasteiger partial charge in [0.15, 0.2) is 0 Å². The van der Waals surface area contributed by atoms with Gasteiger partial charge in [0.05, 0.1) is 16.3 Å². The summed E-state index contributed by atoms with van der Waals surface area (Å²) in [7, 11) is -4.43. The third-order valence-corrected chi connectivity index (χ3v) is 6.69. The van der Waals surface area contributed by atoms with Crippen LogP contribution in [0.15, 0.2) is 77.7 Å². The zero-order valence-electron chi connectivity index (χ0n) is 17.6. The van der Waals surface area contributed by atoms with Gasteiger partial charge in [0.2, 0.25) is 5.88 Å². The Morgan fingerprint density at radius 1 is 1.00 bits per heavy atom. The van der Waals surface area contributed by atoms with Gasteiger partial charge in [-0.15, -0.1) is 0 Å². The van der Waals surface area contributed by atoms with E-state index in [0.717, 1.165) is 34.9 Å². The summed E-state index contributed by atoms with van der Waals surface area (Å²) < 4.78 is 32.9. The number of aromatic nitrogens is 2. The van der Waals surface area contributed by atoms with Gasteiger partial charge in [-0.2, -0.15) is 18.2 Å². The molecule has 1 heterocycles. The van der Waals surface area contributed by atoms with Crippen molar-refractivity contribution in [2.24, 2.45) is 0 Å². The van der Waals surface area contributed by atoms with Crippen molar-refractivity contribution in [1.29, 1.82) is 0 Å². The van der Waals surface area contributed by atoms with Crippen LogP contribution in [0, 0.1) is 24.0 Å². The molecule has 0 saturated carbocycles. The fourth-order valence-corrected chi connectivity index (χ4v) is 4.38. The minimum Gasteiger partial charge on any atom is -0.358 e. The van der Waals surface area contributed by atoms with Gasteiger partial charge in [0, 0.05) is 17.7 Å². The second-order valence-corrected chi connectivity index (χ2v) is 9.23. The second kappa shape index (κ2) is 8.68. The number of halogens is 1. The highest BCUT2D eigenvalue weighted by molar-refractivity contribution is 7.87. The van der Waals surface area contributed by atoms with E-state index in [9.17, 15) is 18.5 Å². The first-order chi connectivity index (χ1) is 15.7. The summed E-state index contributed by atoms with van der Waals surface area (Å²) in [5.41, 5.74) is 3.27. The van der Waals surface area contributed by atoms with Crippen LogP contribution in [0.2, 0.25) is 5.02 Å². The molecule has 3 aromatic carbocycles. The van der Waals surface area contributed by atoms with Gasteiger partial charge in [-0.1, -0.05) is 54.1 Å². The molecule has 1 aromatic heterocycles. The van der Waals surface area contributed by atoms with Crippen LogP contribution in [0.4, 0.5) is 5.69 Å². The summed E-state index contributed by atoms with van der Waals surface area (Å²) in [5, 5.41) is 15.6. The lowest BCUT2D eigenvalue weighted by molar-refractivity contribution is -0.384. The number of rotatable bonds is 6. The number of hydrogen-bond donors (Lipinski definition) is 0. The molecule has 0 N–H and O–H groups in total. The fourth-order valence-electron chi connectivity index (χ4n) is 3.26. The minimum absolute atomic E-state index is 0.0554. The molecular weight excluding hydrogens is 466 g/mol. The molecule has 4 aromatic rings. The van der Waals surface area contributed by atoms with Crippen molar-refractivity contribution in [2.45, 2.75) is 18.7 Å². The van der Waals surface area contributed by atoms with Crippen LogP contribution in [-0.4, -0.2) is 23.1 Å². The van der Waals surface area contributed by atoms with Gasteiger partial charge in [0.1, 0.15) is 9.92 Å². The van der Waals surface area contributed by atoms with E-state index >= 15 is 0 Å². The van der Waals surface area contributed by atoms with Crippen molar-refractivity contribution in [3.05, 3.63) is 99.1 Å². The molecule has 0 aliphatic heterocycles. The molecule has 0 saturated heterocycles. The topological polar surface area (TPSA) is 104 Å². The monoisotopic (exact) mass is 483 g/mol. The summed E-state index contributed by atoms with van der Waals surface area (Å²) in [6, 6.07) is 19.5. The highest BCUT2D eigenvalue weighted by atomic mass is 35.5. The van der Waals surface area contributed by atoms with Gasteiger partial charge < -0.3 is 4.18 Å². The van der Waals surface area contributed by atoms with Gasteiger partial charge in [-0.25, -0.2) is 0 Å². The van der Waals surface area contributed by atoms with Crippen LogP contribution in [-0.2, 0) is 10.1 Å². The number of hydrogen-bond acceptors (Lipinski definition) is 6. The van der Waals surface area contributed by atoms with Crippen molar-refractivity contribution in [3.8, 4) is 22.8 Å². The Morgan fingerprint density at radius 2 is 1.73 bits per heavy atom. The fraction of sp³-hybridized carbons (Fsp3) is 0.0870. The Kier molecular flexibility index (Phi) is 5.92. The Morgan fingerprint density at radius 3 is 2.42 bits per heavy atom. The zero-order chi connectivity index (χ0) is 23.8. The first kappa shape index (κ1) is 22.5. The van der Waals surface area contributed by atoms with E-state index in [4.69, 9.17) is 15.8 Å². The summed E-state index contributed by atoms with van der Waals surface area (Å²) in [6.07, 6.45) is 0. The molecule has 0 atom stereocenters. The van der Waals surface area contributed by atoms with E-state index in [1.54, 1.807) is 6.07 Å². The molecule has 10 heteroatoms. The Bertz CT molecular complexity index is 1470. The van der Waals surface area contributed by atoms with Crippen LogP contribution >= 0.6 is 11.6 Å². The van der Waals surface area contributed by atoms with E-state index in [2.05, 4.69) is 5.10 Å². The van der Waals surface area contributed by atoms with E-state index in [1.165, 1.54) is 10.7 Å². The number of nitro benzene ring substituents is 1. The standard InChI is InChI=1S/C23H18ClN3O5S/c1-15-7-6-10-21(16(15)2)26-23(14-20(25-26)17-8-4-3-5-9-17)32-33(30,31)18-11-12-19(24)22(13-18)27(28)29/h3-14H,1-2H3. The van der Waals surface area contributed by atoms with Crippen LogP contribution < -0.4 is 4.18 Å². The maximum Gasteiger partial charge on any atom is 0.340 e. The SMILES string of the molecule is Cc1cccc(-n2nc(-c3ccccc3)cc2OS(=O)(=O)c2ccc(Cl)c([N+](=O)[O-])c2)c1C. The number of nitro groups is 1. The normalized spacial score (nSPS) is 11.4. The van der Waals surface area contributed by atoms with Gasteiger partial charge in [0.25, 0.3) is 5.69 Å². The van der Waals surface area contributed by atoms with Crippen LogP contribution in [0.25, 0.3) is 16.9 Å². The van der Waals surface area contributed by atoms with Crippen LogP contribution in [0.1, 0.15) is 11.1 Å². The minimum atomic E-state index is -4.43. The molecule has 0 bridgehead atoms. The Balaban J connectivity index is 1.84. The molecular formula is C23H18ClN3O5S.